The van der Waals surface area contributed by atoms with E-state index in [1.807, 2.05) is 31.3 Å². The molecule has 14 heavy (non-hydrogen) atoms. The van der Waals surface area contributed by atoms with Crippen molar-refractivity contribution in [3.63, 3.8) is 0 Å². The third-order valence-electron chi connectivity index (χ3n) is 2.10. The lowest BCUT2D eigenvalue weighted by Crippen LogP contribution is -1.97. The molecule has 0 radical (unpaired) electrons. The molecule has 4 heteroatoms. The highest BCUT2D eigenvalue weighted by Gasteiger charge is 2.04. The van der Waals surface area contributed by atoms with Crippen LogP contribution in [0.3, 0.4) is 0 Å². The van der Waals surface area contributed by atoms with Crippen molar-refractivity contribution in [2.75, 3.05) is 0 Å². The second-order valence-electron chi connectivity index (χ2n) is 3.08. The van der Waals surface area contributed by atoms with Crippen LogP contribution in [0.2, 0.25) is 0 Å². The van der Waals surface area contributed by atoms with Crippen molar-refractivity contribution in [2.45, 2.75) is 13.5 Å². The van der Waals surface area contributed by atoms with Gasteiger partial charge >= 0.3 is 0 Å². The van der Waals surface area contributed by atoms with Gasteiger partial charge in [0.2, 0.25) is 0 Å². The van der Waals surface area contributed by atoms with Crippen LogP contribution < -0.4 is 5.73 Å². The molecule has 2 aromatic heterocycles. The average Bonchev–Trinajstić information content (AvgIpc) is 2.61. The largest absolute Gasteiger partial charge is 0.326 e. The Labute approximate surface area is 82.4 Å². The second-order valence-corrected chi connectivity index (χ2v) is 3.08. The summed E-state index contributed by atoms with van der Waals surface area (Å²) in [5.74, 6) is 0.815. The van der Waals surface area contributed by atoms with E-state index in [0.717, 1.165) is 17.1 Å². The van der Waals surface area contributed by atoms with E-state index in [1.165, 1.54) is 0 Å². The van der Waals surface area contributed by atoms with Gasteiger partial charge in [0, 0.05) is 24.5 Å². The molecular formula is C10H12N4. The van der Waals surface area contributed by atoms with Crippen molar-refractivity contribution in [3.05, 3.63) is 41.9 Å². The lowest BCUT2D eigenvalue weighted by molar-refractivity contribution is 0.832. The number of nitrogens with zero attached hydrogens (tertiary/aromatic N) is 3. The molecule has 0 atom stereocenters. The van der Waals surface area contributed by atoms with Crippen molar-refractivity contribution >= 4 is 0 Å². The van der Waals surface area contributed by atoms with Crippen LogP contribution in [-0.2, 0) is 6.54 Å². The molecule has 2 aromatic rings. The third-order valence-corrected chi connectivity index (χ3v) is 2.10. The topological polar surface area (TPSA) is 56.7 Å². The first-order valence-electron chi connectivity index (χ1n) is 4.48. The molecule has 0 saturated carbocycles. The number of hydrogen-bond donors (Lipinski definition) is 1. The molecule has 0 aliphatic rings. The smallest absolute Gasteiger partial charge is 0.153 e. The summed E-state index contributed by atoms with van der Waals surface area (Å²) in [6.45, 7) is 2.46. The minimum absolute atomic E-state index is 0.513. The Morgan fingerprint density at radius 3 is 2.86 bits per heavy atom. The van der Waals surface area contributed by atoms with Crippen LogP contribution in [0.5, 0.6) is 0 Å². The first-order chi connectivity index (χ1) is 6.81. The summed E-state index contributed by atoms with van der Waals surface area (Å²) >= 11 is 0. The molecule has 0 aliphatic heterocycles. The Bertz CT molecular complexity index is 419. The number of nitrogens with two attached hydrogens (primary N) is 1. The van der Waals surface area contributed by atoms with Crippen LogP contribution in [0.25, 0.3) is 5.82 Å². The quantitative estimate of drug-likeness (QED) is 0.766. The van der Waals surface area contributed by atoms with E-state index < -0.39 is 0 Å². The van der Waals surface area contributed by atoms with Crippen molar-refractivity contribution in [1.82, 2.24) is 14.8 Å². The summed E-state index contributed by atoms with van der Waals surface area (Å²) in [7, 11) is 0. The molecule has 2 N–H and O–H groups in total. The minimum Gasteiger partial charge on any atom is -0.326 e. The van der Waals surface area contributed by atoms with Gasteiger partial charge in [0.15, 0.2) is 5.82 Å². The molecule has 0 saturated heterocycles. The summed E-state index contributed by atoms with van der Waals surface area (Å²) in [6.07, 6.45) is 3.66. The zero-order chi connectivity index (χ0) is 9.97. The van der Waals surface area contributed by atoms with E-state index in [1.54, 1.807) is 10.9 Å². The van der Waals surface area contributed by atoms with Crippen molar-refractivity contribution in [3.8, 4) is 5.82 Å². The zero-order valence-corrected chi connectivity index (χ0v) is 8.01. The zero-order valence-electron chi connectivity index (χ0n) is 8.01. The first kappa shape index (κ1) is 8.90. The fourth-order valence-corrected chi connectivity index (χ4v) is 1.30. The van der Waals surface area contributed by atoms with Crippen molar-refractivity contribution < 1.29 is 0 Å². The molecule has 0 unspecified atom stereocenters. The van der Waals surface area contributed by atoms with E-state index in [-0.39, 0.29) is 0 Å². The summed E-state index contributed by atoms with van der Waals surface area (Å²) in [5.41, 5.74) is 7.58. The van der Waals surface area contributed by atoms with Crippen LogP contribution in [0, 0.1) is 6.92 Å². The number of pyridine rings is 1. The lowest BCUT2D eigenvalue weighted by Gasteiger charge is -1.97. The molecule has 0 amide bonds. The lowest BCUT2D eigenvalue weighted by atomic mass is 10.3. The Morgan fingerprint density at radius 1 is 1.43 bits per heavy atom. The van der Waals surface area contributed by atoms with E-state index in [2.05, 4.69) is 10.1 Å². The van der Waals surface area contributed by atoms with E-state index in [4.69, 9.17) is 5.73 Å². The molecule has 0 aliphatic carbocycles. The predicted octanol–water partition coefficient (Wildman–Crippen LogP) is 1.03. The molecule has 0 fully saturated rings. The van der Waals surface area contributed by atoms with E-state index in [9.17, 15) is 0 Å². The summed E-state index contributed by atoms with van der Waals surface area (Å²) in [4.78, 5) is 4.20. The second kappa shape index (κ2) is 3.59. The summed E-state index contributed by atoms with van der Waals surface area (Å²) in [5, 5.41) is 4.33. The molecule has 4 nitrogen and oxygen atoms in total. The average molecular weight is 188 g/mol. The third kappa shape index (κ3) is 1.52. The monoisotopic (exact) mass is 188 g/mol. The fourth-order valence-electron chi connectivity index (χ4n) is 1.30. The van der Waals surface area contributed by atoms with Gasteiger partial charge in [0.1, 0.15) is 0 Å². The standard InChI is InChI=1S/C10H12N4/c1-8-9(6-11)7-14(13-8)10-4-2-3-5-12-10/h2-5,7H,6,11H2,1H3. The Hall–Kier alpha value is -1.68. The van der Waals surface area contributed by atoms with Gasteiger partial charge in [-0.1, -0.05) is 6.07 Å². The van der Waals surface area contributed by atoms with Crippen LogP contribution in [0.4, 0.5) is 0 Å². The van der Waals surface area contributed by atoms with Gasteiger partial charge in [-0.2, -0.15) is 5.10 Å². The number of hydrogen-bond acceptors (Lipinski definition) is 3. The van der Waals surface area contributed by atoms with Crippen molar-refractivity contribution in [1.29, 1.82) is 0 Å². The summed E-state index contributed by atoms with van der Waals surface area (Å²) < 4.78 is 1.75. The highest BCUT2D eigenvalue weighted by atomic mass is 15.3. The van der Waals surface area contributed by atoms with Crippen LogP contribution in [0.15, 0.2) is 30.6 Å². The van der Waals surface area contributed by atoms with Gasteiger partial charge in [-0.05, 0) is 19.1 Å². The molecule has 2 heterocycles. The maximum Gasteiger partial charge on any atom is 0.153 e. The van der Waals surface area contributed by atoms with Gasteiger partial charge in [-0.15, -0.1) is 0 Å². The maximum absolute atomic E-state index is 5.57. The number of aryl methyl sites for hydroxylation is 1. The first-order valence-corrected chi connectivity index (χ1v) is 4.48. The van der Waals surface area contributed by atoms with Gasteiger partial charge in [0.25, 0.3) is 0 Å². The predicted molar refractivity (Wildman–Crippen MR) is 54.0 cm³/mol. The molecule has 0 bridgehead atoms. The van der Waals surface area contributed by atoms with Gasteiger partial charge in [-0.3, -0.25) is 0 Å². The Kier molecular flexibility index (Phi) is 2.28. The Morgan fingerprint density at radius 2 is 2.29 bits per heavy atom. The van der Waals surface area contributed by atoms with Crippen LogP contribution >= 0.6 is 0 Å². The fraction of sp³-hybridized carbons (Fsp3) is 0.200. The van der Waals surface area contributed by atoms with Crippen LogP contribution in [-0.4, -0.2) is 14.8 Å². The van der Waals surface area contributed by atoms with Gasteiger partial charge in [-0.25, -0.2) is 9.67 Å². The molecule has 2 rings (SSSR count). The SMILES string of the molecule is Cc1nn(-c2ccccn2)cc1CN. The molecule has 72 valence electrons. The minimum atomic E-state index is 0.513. The number of aromatic nitrogens is 3. The molecule has 0 aromatic carbocycles. The Balaban J connectivity index is 2.43. The highest BCUT2D eigenvalue weighted by molar-refractivity contribution is 5.25. The normalized spacial score (nSPS) is 10.4. The highest BCUT2D eigenvalue weighted by Crippen LogP contribution is 2.08. The van der Waals surface area contributed by atoms with Gasteiger partial charge in [0.05, 0.1) is 5.69 Å². The van der Waals surface area contributed by atoms with E-state index >= 15 is 0 Å². The number of rotatable bonds is 2. The molecular weight excluding hydrogens is 176 g/mol. The van der Waals surface area contributed by atoms with Crippen molar-refractivity contribution in [2.24, 2.45) is 5.73 Å². The summed E-state index contributed by atoms with van der Waals surface area (Å²) in [6, 6.07) is 5.72. The van der Waals surface area contributed by atoms with Gasteiger partial charge < -0.3 is 5.73 Å². The maximum atomic E-state index is 5.57. The van der Waals surface area contributed by atoms with Crippen LogP contribution in [0.1, 0.15) is 11.3 Å². The molecule has 0 spiro atoms. The van der Waals surface area contributed by atoms with E-state index in [0.29, 0.717) is 6.54 Å².